The Morgan fingerprint density at radius 1 is 1.73 bits per heavy atom. The molecule has 2 unspecified atom stereocenters. The van der Waals surface area contributed by atoms with Crippen LogP contribution in [0, 0.1) is 6.92 Å². The van der Waals surface area contributed by atoms with Gasteiger partial charge in [0.25, 0.3) is 0 Å². The van der Waals surface area contributed by atoms with E-state index in [1.54, 1.807) is 18.3 Å². The van der Waals surface area contributed by atoms with E-state index in [2.05, 4.69) is 0 Å². The second-order valence-corrected chi connectivity index (χ2v) is 4.71. The number of hydrogen-bond acceptors (Lipinski definition) is 4. The predicted octanol–water partition coefficient (Wildman–Crippen LogP) is 2.23. The number of rotatable bonds is 3. The molecule has 15 heavy (non-hydrogen) atoms. The molecule has 1 aliphatic rings. The molecule has 0 aromatic carbocycles. The maximum Gasteiger partial charge on any atom is 0.338 e. The number of carbonyl (C=O) groups excluding carboxylic acids is 1. The van der Waals surface area contributed by atoms with Gasteiger partial charge in [0.1, 0.15) is 5.60 Å². The Morgan fingerprint density at radius 3 is 3.00 bits per heavy atom. The lowest BCUT2D eigenvalue weighted by Gasteiger charge is -2.04. The van der Waals surface area contributed by atoms with Crippen molar-refractivity contribution in [1.29, 1.82) is 0 Å². The summed E-state index contributed by atoms with van der Waals surface area (Å²) in [5, 5.41) is 2.01. The lowest BCUT2D eigenvalue weighted by molar-refractivity contribution is -0.144. The summed E-state index contributed by atoms with van der Waals surface area (Å²) < 4.78 is 10.4. The molecule has 0 aliphatic carbocycles. The molecule has 1 aliphatic heterocycles. The highest BCUT2D eigenvalue weighted by molar-refractivity contribution is 7.10. The van der Waals surface area contributed by atoms with E-state index in [9.17, 15) is 4.79 Å². The van der Waals surface area contributed by atoms with Crippen LogP contribution in [0.1, 0.15) is 24.3 Å². The third-order valence-electron chi connectivity index (χ3n) is 2.62. The number of carbonyl (C=O) groups is 1. The van der Waals surface area contributed by atoms with Gasteiger partial charge in [0, 0.05) is 4.88 Å². The van der Waals surface area contributed by atoms with E-state index in [0.29, 0.717) is 6.61 Å². The average molecular weight is 226 g/mol. The van der Waals surface area contributed by atoms with Crippen LogP contribution in [0.15, 0.2) is 11.4 Å². The summed E-state index contributed by atoms with van der Waals surface area (Å²) in [7, 11) is 0. The smallest absolute Gasteiger partial charge is 0.338 e. The molecule has 1 saturated heterocycles. The van der Waals surface area contributed by atoms with Gasteiger partial charge in [-0.2, -0.15) is 0 Å². The Kier molecular flexibility index (Phi) is 2.56. The van der Waals surface area contributed by atoms with Gasteiger partial charge in [0.2, 0.25) is 0 Å². The molecule has 4 heteroatoms. The summed E-state index contributed by atoms with van der Waals surface area (Å²) in [4.78, 5) is 12.6. The largest absolute Gasteiger partial charge is 0.464 e. The van der Waals surface area contributed by atoms with E-state index in [1.165, 1.54) is 5.56 Å². The Hall–Kier alpha value is -0.870. The summed E-state index contributed by atoms with van der Waals surface area (Å²) in [6.45, 7) is 6.17. The van der Waals surface area contributed by atoms with Crippen LogP contribution in [0.4, 0.5) is 0 Å². The fraction of sp³-hybridized carbons (Fsp3) is 0.545. The van der Waals surface area contributed by atoms with Crippen LogP contribution in [-0.4, -0.2) is 18.7 Å². The molecule has 0 saturated carbocycles. The molecule has 1 fully saturated rings. The Morgan fingerprint density at radius 2 is 2.47 bits per heavy atom. The fourth-order valence-electron chi connectivity index (χ4n) is 1.76. The van der Waals surface area contributed by atoms with E-state index >= 15 is 0 Å². The quantitative estimate of drug-likeness (QED) is 0.586. The van der Waals surface area contributed by atoms with E-state index < -0.39 is 11.7 Å². The normalized spacial score (nSPS) is 28.9. The lowest BCUT2D eigenvalue weighted by Crippen LogP contribution is -2.18. The zero-order chi connectivity index (χ0) is 11.1. The highest BCUT2D eigenvalue weighted by Crippen LogP contribution is 2.49. The molecular formula is C11H14O3S. The summed E-state index contributed by atoms with van der Waals surface area (Å²) >= 11 is 1.63. The minimum absolute atomic E-state index is 0.257. The van der Waals surface area contributed by atoms with Crippen LogP contribution in [0.3, 0.4) is 0 Å². The third-order valence-corrected chi connectivity index (χ3v) is 3.85. The lowest BCUT2D eigenvalue weighted by atomic mass is 10.0. The van der Waals surface area contributed by atoms with Crippen molar-refractivity contribution < 1.29 is 14.3 Å². The number of aryl methyl sites for hydroxylation is 1. The summed E-state index contributed by atoms with van der Waals surface area (Å²) in [6, 6.07) is 2.04. The van der Waals surface area contributed by atoms with Crippen molar-refractivity contribution in [3.8, 4) is 0 Å². The van der Waals surface area contributed by atoms with Gasteiger partial charge < -0.3 is 9.47 Å². The van der Waals surface area contributed by atoms with Crippen molar-refractivity contribution in [2.45, 2.75) is 32.5 Å². The highest BCUT2D eigenvalue weighted by Gasteiger charge is 2.60. The first-order chi connectivity index (χ1) is 7.09. The molecule has 3 nitrogen and oxygen atoms in total. The van der Waals surface area contributed by atoms with Gasteiger partial charge in [-0.25, -0.2) is 4.79 Å². The van der Waals surface area contributed by atoms with Crippen molar-refractivity contribution in [3.05, 3.63) is 21.9 Å². The molecule has 0 radical (unpaired) electrons. The number of hydrogen-bond donors (Lipinski definition) is 0. The van der Waals surface area contributed by atoms with Crippen molar-refractivity contribution in [2.24, 2.45) is 0 Å². The molecule has 82 valence electrons. The van der Waals surface area contributed by atoms with Crippen molar-refractivity contribution in [1.82, 2.24) is 0 Å². The molecule has 0 N–H and O–H groups in total. The van der Waals surface area contributed by atoms with Crippen LogP contribution in [0.5, 0.6) is 0 Å². The zero-order valence-corrected chi connectivity index (χ0v) is 9.89. The average Bonchev–Trinajstić information content (AvgIpc) is 2.67. The fourth-order valence-corrected chi connectivity index (χ4v) is 2.81. The molecule has 0 spiro atoms. The topological polar surface area (TPSA) is 38.8 Å². The van der Waals surface area contributed by atoms with Gasteiger partial charge in [-0.05, 0) is 37.8 Å². The zero-order valence-electron chi connectivity index (χ0n) is 9.07. The predicted molar refractivity (Wildman–Crippen MR) is 57.9 cm³/mol. The monoisotopic (exact) mass is 226 g/mol. The summed E-state index contributed by atoms with van der Waals surface area (Å²) in [5.41, 5.74) is 0.721. The standard InChI is InChI=1S/C11H14O3S/c1-4-13-10(12)8-11(3,14-8)9-7(2)5-6-15-9/h5-6,8H,4H2,1-3H3. The minimum atomic E-state index is -0.454. The Bertz CT molecular complexity index is 385. The summed E-state index contributed by atoms with van der Waals surface area (Å²) in [6.07, 6.45) is -0.421. The molecule has 2 atom stereocenters. The number of esters is 1. The molecule has 1 aromatic rings. The maximum atomic E-state index is 11.5. The van der Waals surface area contributed by atoms with Crippen molar-refractivity contribution in [3.63, 3.8) is 0 Å². The van der Waals surface area contributed by atoms with Crippen molar-refractivity contribution >= 4 is 17.3 Å². The third kappa shape index (κ3) is 1.68. The number of epoxide rings is 1. The van der Waals surface area contributed by atoms with Gasteiger partial charge in [0.15, 0.2) is 6.10 Å². The molecule has 0 bridgehead atoms. The maximum absolute atomic E-state index is 11.5. The highest BCUT2D eigenvalue weighted by atomic mass is 32.1. The SMILES string of the molecule is CCOC(=O)C1OC1(C)c1sccc1C. The Balaban J connectivity index is 2.13. The van der Waals surface area contributed by atoms with Gasteiger partial charge in [-0.15, -0.1) is 11.3 Å². The molecule has 0 amide bonds. The van der Waals surface area contributed by atoms with Crippen LogP contribution in [0.2, 0.25) is 0 Å². The van der Waals surface area contributed by atoms with Crippen molar-refractivity contribution in [2.75, 3.05) is 6.61 Å². The Labute approximate surface area is 93.0 Å². The van der Waals surface area contributed by atoms with Gasteiger partial charge in [-0.3, -0.25) is 0 Å². The van der Waals surface area contributed by atoms with E-state index in [0.717, 1.165) is 4.88 Å². The molecular weight excluding hydrogens is 212 g/mol. The first-order valence-corrected chi connectivity index (χ1v) is 5.86. The molecule has 1 aromatic heterocycles. The number of thiophene rings is 1. The van der Waals surface area contributed by atoms with Crippen LogP contribution >= 0.6 is 11.3 Å². The second kappa shape index (κ2) is 3.61. The van der Waals surface area contributed by atoms with Crippen LogP contribution < -0.4 is 0 Å². The van der Waals surface area contributed by atoms with Crippen LogP contribution in [-0.2, 0) is 19.9 Å². The van der Waals surface area contributed by atoms with Gasteiger partial charge in [-0.1, -0.05) is 0 Å². The first kappa shape index (κ1) is 10.6. The molecule has 2 rings (SSSR count). The summed E-state index contributed by atoms with van der Waals surface area (Å²) in [5.74, 6) is -0.257. The first-order valence-electron chi connectivity index (χ1n) is 4.98. The van der Waals surface area contributed by atoms with E-state index in [1.807, 2.05) is 25.3 Å². The van der Waals surface area contributed by atoms with Gasteiger partial charge in [0.05, 0.1) is 6.61 Å². The van der Waals surface area contributed by atoms with Gasteiger partial charge >= 0.3 is 5.97 Å². The minimum Gasteiger partial charge on any atom is -0.464 e. The van der Waals surface area contributed by atoms with Crippen LogP contribution in [0.25, 0.3) is 0 Å². The second-order valence-electron chi connectivity index (χ2n) is 3.79. The van der Waals surface area contributed by atoms with E-state index in [4.69, 9.17) is 9.47 Å². The van der Waals surface area contributed by atoms with E-state index in [-0.39, 0.29) is 5.97 Å². The number of ether oxygens (including phenoxy) is 2. The molecule has 2 heterocycles.